The second-order valence-corrected chi connectivity index (χ2v) is 5.35. The molecule has 0 spiro atoms. The first-order valence-electron chi connectivity index (χ1n) is 6.69. The third-order valence-electron chi connectivity index (χ3n) is 2.83. The Hall–Kier alpha value is -1.32. The summed E-state index contributed by atoms with van der Waals surface area (Å²) >= 11 is 0. The van der Waals surface area contributed by atoms with Gasteiger partial charge in [-0.25, -0.2) is 4.98 Å². The van der Waals surface area contributed by atoms with E-state index in [4.69, 9.17) is 4.74 Å². The lowest BCUT2D eigenvalue weighted by molar-refractivity contribution is 0.0985. The first-order valence-corrected chi connectivity index (χ1v) is 6.69. The average Bonchev–Trinajstić information content (AvgIpc) is 2.28. The van der Waals surface area contributed by atoms with Crippen LogP contribution in [-0.4, -0.2) is 22.1 Å². The highest BCUT2D eigenvalue weighted by molar-refractivity contribution is 5.38. The zero-order valence-electron chi connectivity index (χ0n) is 12.4. The Morgan fingerprint density at radius 2 is 1.94 bits per heavy atom. The van der Waals surface area contributed by atoms with Gasteiger partial charge in [0.25, 0.3) is 0 Å². The van der Waals surface area contributed by atoms with Crippen LogP contribution in [0.2, 0.25) is 0 Å². The van der Waals surface area contributed by atoms with E-state index < -0.39 is 0 Å². The van der Waals surface area contributed by atoms with E-state index in [0.717, 1.165) is 24.6 Å². The predicted octanol–water partition coefficient (Wildman–Crippen LogP) is 3.60. The summed E-state index contributed by atoms with van der Waals surface area (Å²) in [4.78, 5) is 8.95. The highest BCUT2D eigenvalue weighted by Gasteiger charge is 2.19. The third kappa shape index (κ3) is 4.17. The Bertz CT molecular complexity index is 389. The topological polar surface area (TPSA) is 47.0 Å². The van der Waals surface area contributed by atoms with E-state index in [1.165, 1.54) is 0 Å². The summed E-state index contributed by atoms with van der Waals surface area (Å²) in [6.07, 6.45) is 0.935. The molecule has 0 atom stereocenters. The van der Waals surface area contributed by atoms with Crippen molar-refractivity contribution in [3.8, 4) is 5.88 Å². The molecule has 0 unspecified atom stereocenters. The van der Waals surface area contributed by atoms with Crippen molar-refractivity contribution in [2.24, 2.45) is 0 Å². The number of anilines is 1. The quantitative estimate of drug-likeness (QED) is 0.839. The number of ether oxygens (including phenoxy) is 1. The fraction of sp³-hybridized carbons (Fsp3) is 0.714. The molecule has 0 aliphatic carbocycles. The van der Waals surface area contributed by atoms with Crippen LogP contribution >= 0.6 is 0 Å². The lowest BCUT2D eigenvalue weighted by Gasteiger charge is -2.24. The molecular weight excluding hydrogens is 226 g/mol. The lowest BCUT2D eigenvalue weighted by Crippen LogP contribution is -2.27. The van der Waals surface area contributed by atoms with Crippen molar-refractivity contribution in [3.63, 3.8) is 0 Å². The summed E-state index contributed by atoms with van der Waals surface area (Å²) in [5.41, 5.74) is -0.202. The number of rotatable bonds is 6. The van der Waals surface area contributed by atoms with E-state index in [-0.39, 0.29) is 11.5 Å². The van der Waals surface area contributed by atoms with Crippen molar-refractivity contribution >= 4 is 5.82 Å². The first kappa shape index (κ1) is 14.7. The molecule has 0 saturated heterocycles. The molecule has 1 aromatic rings. The largest absolute Gasteiger partial charge is 0.472 e. The average molecular weight is 251 g/mol. The summed E-state index contributed by atoms with van der Waals surface area (Å²) in [7, 11) is 0. The summed E-state index contributed by atoms with van der Waals surface area (Å²) in [6.45, 7) is 13.3. The molecule has 0 aliphatic heterocycles. The van der Waals surface area contributed by atoms with Gasteiger partial charge >= 0.3 is 0 Å². The van der Waals surface area contributed by atoms with Gasteiger partial charge in [0.15, 0.2) is 0 Å². The molecule has 0 radical (unpaired) electrons. The van der Waals surface area contributed by atoms with Crippen LogP contribution in [0.15, 0.2) is 6.07 Å². The smallest absolute Gasteiger partial charge is 0.219 e. The van der Waals surface area contributed by atoms with Gasteiger partial charge in [-0.3, -0.25) is 0 Å². The highest BCUT2D eigenvalue weighted by atomic mass is 16.5. The minimum absolute atomic E-state index is 0.202. The van der Waals surface area contributed by atoms with Crippen LogP contribution in [-0.2, 0) is 0 Å². The molecule has 0 amide bonds. The molecule has 1 rings (SSSR count). The van der Waals surface area contributed by atoms with E-state index in [1.54, 1.807) is 0 Å². The molecule has 18 heavy (non-hydrogen) atoms. The number of hydrogen-bond donors (Lipinski definition) is 1. The third-order valence-corrected chi connectivity index (χ3v) is 2.83. The number of nitrogens with one attached hydrogen (secondary N) is 1. The lowest BCUT2D eigenvalue weighted by atomic mass is 10.1. The maximum atomic E-state index is 5.94. The van der Waals surface area contributed by atoms with Gasteiger partial charge in [-0.05, 0) is 27.2 Å². The summed E-state index contributed by atoms with van der Waals surface area (Å²) < 4.78 is 5.94. The molecule has 1 N–H and O–H groups in total. The van der Waals surface area contributed by atoms with Crippen LogP contribution in [0.4, 0.5) is 5.82 Å². The number of aromatic nitrogens is 2. The van der Waals surface area contributed by atoms with E-state index in [0.29, 0.717) is 5.88 Å². The number of nitrogens with zero attached hydrogens (tertiary/aromatic N) is 2. The zero-order valence-corrected chi connectivity index (χ0v) is 12.4. The number of hydrogen-bond acceptors (Lipinski definition) is 4. The molecule has 0 saturated carbocycles. The molecule has 0 aromatic carbocycles. The van der Waals surface area contributed by atoms with Gasteiger partial charge in [0.1, 0.15) is 17.2 Å². The fourth-order valence-electron chi connectivity index (χ4n) is 1.38. The Kier molecular flexibility index (Phi) is 4.93. The molecule has 0 fully saturated rings. The zero-order chi connectivity index (χ0) is 13.8. The highest BCUT2D eigenvalue weighted by Crippen LogP contribution is 2.23. The van der Waals surface area contributed by atoms with E-state index >= 15 is 0 Å². The molecule has 4 nitrogen and oxygen atoms in total. The first-order chi connectivity index (χ1) is 8.38. The van der Waals surface area contributed by atoms with Crippen LogP contribution in [0.3, 0.4) is 0 Å². The Labute approximate surface area is 110 Å². The predicted molar refractivity (Wildman–Crippen MR) is 75.3 cm³/mol. The maximum absolute atomic E-state index is 5.94. The van der Waals surface area contributed by atoms with Crippen molar-refractivity contribution < 1.29 is 4.74 Å². The van der Waals surface area contributed by atoms with Crippen LogP contribution in [0.5, 0.6) is 5.88 Å². The Morgan fingerprint density at radius 3 is 2.44 bits per heavy atom. The van der Waals surface area contributed by atoms with Crippen molar-refractivity contribution in [2.45, 2.75) is 59.5 Å². The second kappa shape index (κ2) is 6.03. The van der Waals surface area contributed by atoms with Crippen molar-refractivity contribution in [3.05, 3.63) is 11.9 Å². The minimum Gasteiger partial charge on any atom is -0.472 e. The molecule has 4 heteroatoms. The molecular formula is C14H25N3O. The molecule has 1 heterocycles. The second-order valence-electron chi connectivity index (χ2n) is 5.35. The molecule has 0 aliphatic rings. The summed E-state index contributed by atoms with van der Waals surface area (Å²) in [5.74, 6) is 2.58. The summed E-state index contributed by atoms with van der Waals surface area (Å²) in [6, 6.07) is 1.87. The van der Waals surface area contributed by atoms with Gasteiger partial charge < -0.3 is 10.1 Å². The van der Waals surface area contributed by atoms with Gasteiger partial charge in [0, 0.05) is 18.5 Å². The van der Waals surface area contributed by atoms with Crippen LogP contribution in [0.1, 0.15) is 59.7 Å². The molecule has 0 bridgehead atoms. The van der Waals surface area contributed by atoms with Crippen LogP contribution in [0, 0.1) is 0 Å². The molecule has 102 valence electrons. The Balaban J connectivity index is 3.03. The van der Waals surface area contributed by atoms with E-state index in [1.807, 2.05) is 13.0 Å². The van der Waals surface area contributed by atoms with Gasteiger partial charge in [0.2, 0.25) is 5.88 Å². The SMILES string of the molecule is CCNc1cc(OC(C)(C)CC)nc(C(C)C)n1. The summed E-state index contributed by atoms with van der Waals surface area (Å²) in [5, 5.41) is 3.22. The van der Waals surface area contributed by atoms with E-state index in [2.05, 4.69) is 49.9 Å². The van der Waals surface area contributed by atoms with Gasteiger partial charge in [-0.15, -0.1) is 0 Å². The van der Waals surface area contributed by atoms with Gasteiger partial charge in [0.05, 0.1) is 0 Å². The molecule has 1 aromatic heterocycles. The monoisotopic (exact) mass is 251 g/mol. The van der Waals surface area contributed by atoms with Gasteiger partial charge in [-0.1, -0.05) is 20.8 Å². The van der Waals surface area contributed by atoms with Crippen molar-refractivity contribution in [1.82, 2.24) is 9.97 Å². The Morgan fingerprint density at radius 1 is 1.28 bits per heavy atom. The standard InChI is InChI=1S/C14H25N3O/c1-7-14(5,6)18-12-9-11(15-8-2)16-13(17-12)10(3)4/h9-10H,7-8H2,1-6H3,(H,15,16,17). The van der Waals surface area contributed by atoms with Crippen LogP contribution < -0.4 is 10.1 Å². The normalized spacial score (nSPS) is 11.7. The fourth-order valence-corrected chi connectivity index (χ4v) is 1.38. The van der Waals surface area contributed by atoms with Gasteiger partial charge in [-0.2, -0.15) is 4.98 Å². The van der Waals surface area contributed by atoms with Crippen molar-refractivity contribution in [2.75, 3.05) is 11.9 Å². The minimum atomic E-state index is -0.202. The van der Waals surface area contributed by atoms with Crippen molar-refractivity contribution in [1.29, 1.82) is 0 Å². The van der Waals surface area contributed by atoms with E-state index in [9.17, 15) is 0 Å². The maximum Gasteiger partial charge on any atom is 0.219 e. The van der Waals surface area contributed by atoms with Crippen LogP contribution in [0.25, 0.3) is 0 Å².